The van der Waals surface area contributed by atoms with Crippen molar-refractivity contribution in [1.29, 1.82) is 0 Å². The highest BCUT2D eigenvalue weighted by atomic mass is 19.4. The fourth-order valence-corrected chi connectivity index (χ4v) is 1.51. The van der Waals surface area contributed by atoms with Crippen molar-refractivity contribution in [2.45, 2.75) is 12.9 Å². The Bertz CT molecular complexity index is 571. The lowest BCUT2D eigenvalue weighted by Crippen LogP contribution is -2.16. The number of rotatable bonds is 4. The molecular formula is C13H11F3N2O2. The second-order valence-corrected chi connectivity index (χ2v) is 3.77. The summed E-state index contributed by atoms with van der Waals surface area (Å²) in [5.41, 5.74) is 6.07. The summed E-state index contributed by atoms with van der Waals surface area (Å²) in [6.07, 6.45) is -3.13. The number of benzene rings is 1. The molecule has 0 fully saturated rings. The van der Waals surface area contributed by atoms with Gasteiger partial charge in [0.25, 0.3) is 0 Å². The van der Waals surface area contributed by atoms with Gasteiger partial charge in [-0.3, -0.25) is 4.98 Å². The van der Waals surface area contributed by atoms with Crippen molar-refractivity contribution in [2.24, 2.45) is 5.73 Å². The quantitative estimate of drug-likeness (QED) is 0.936. The van der Waals surface area contributed by atoms with Crippen LogP contribution in [0.4, 0.5) is 13.2 Å². The van der Waals surface area contributed by atoms with E-state index in [-0.39, 0.29) is 12.3 Å². The van der Waals surface area contributed by atoms with Crippen molar-refractivity contribution < 1.29 is 22.6 Å². The largest absolute Gasteiger partial charge is 0.573 e. The van der Waals surface area contributed by atoms with Crippen molar-refractivity contribution in [3.8, 4) is 17.2 Å². The first-order valence-electron chi connectivity index (χ1n) is 5.65. The Labute approximate surface area is 113 Å². The van der Waals surface area contributed by atoms with Gasteiger partial charge in [-0.15, -0.1) is 13.2 Å². The average Bonchev–Trinajstić information content (AvgIpc) is 2.40. The summed E-state index contributed by atoms with van der Waals surface area (Å²) >= 11 is 0. The maximum absolute atomic E-state index is 12.0. The molecule has 2 N–H and O–H groups in total. The van der Waals surface area contributed by atoms with E-state index in [4.69, 9.17) is 10.5 Å². The Kier molecular flexibility index (Phi) is 4.09. The highest BCUT2D eigenvalue weighted by Gasteiger charge is 2.30. The Morgan fingerprint density at radius 2 is 1.70 bits per heavy atom. The van der Waals surface area contributed by atoms with Crippen LogP contribution < -0.4 is 15.2 Å². The second-order valence-electron chi connectivity index (χ2n) is 3.77. The molecule has 0 radical (unpaired) electrons. The molecule has 106 valence electrons. The topological polar surface area (TPSA) is 57.4 Å². The number of hydrogen-bond acceptors (Lipinski definition) is 4. The Morgan fingerprint density at radius 1 is 1.05 bits per heavy atom. The van der Waals surface area contributed by atoms with Crippen LogP contribution in [0.5, 0.6) is 17.2 Å². The van der Waals surface area contributed by atoms with E-state index in [9.17, 15) is 13.2 Å². The summed E-state index contributed by atoms with van der Waals surface area (Å²) in [6, 6.07) is 8.43. The summed E-state index contributed by atoms with van der Waals surface area (Å²) < 4.78 is 45.3. The van der Waals surface area contributed by atoms with Crippen LogP contribution in [0.1, 0.15) is 5.69 Å². The molecule has 0 amide bonds. The van der Waals surface area contributed by atoms with Gasteiger partial charge in [0.1, 0.15) is 17.2 Å². The highest BCUT2D eigenvalue weighted by Crippen LogP contribution is 2.28. The highest BCUT2D eigenvalue weighted by molar-refractivity contribution is 5.36. The van der Waals surface area contributed by atoms with Crippen molar-refractivity contribution in [2.75, 3.05) is 0 Å². The van der Waals surface area contributed by atoms with Gasteiger partial charge >= 0.3 is 6.36 Å². The van der Waals surface area contributed by atoms with Crippen LogP contribution in [0, 0.1) is 0 Å². The number of pyridine rings is 1. The molecule has 0 atom stereocenters. The second kappa shape index (κ2) is 5.79. The van der Waals surface area contributed by atoms with Crippen LogP contribution >= 0.6 is 0 Å². The van der Waals surface area contributed by atoms with Gasteiger partial charge in [0.15, 0.2) is 0 Å². The van der Waals surface area contributed by atoms with Gasteiger partial charge in [-0.25, -0.2) is 0 Å². The maximum atomic E-state index is 12.0. The van der Waals surface area contributed by atoms with E-state index in [1.54, 1.807) is 18.3 Å². The summed E-state index contributed by atoms with van der Waals surface area (Å²) in [6.45, 7) is 0.200. The van der Waals surface area contributed by atoms with Crippen LogP contribution in [0.3, 0.4) is 0 Å². The van der Waals surface area contributed by atoms with E-state index in [1.807, 2.05) is 0 Å². The minimum atomic E-state index is -4.71. The normalized spacial score (nSPS) is 11.2. The first-order valence-corrected chi connectivity index (χ1v) is 5.65. The number of halogens is 3. The van der Waals surface area contributed by atoms with Crippen LogP contribution in [0.15, 0.2) is 42.6 Å². The van der Waals surface area contributed by atoms with E-state index in [2.05, 4.69) is 9.72 Å². The Balaban J connectivity index is 2.11. The van der Waals surface area contributed by atoms with E-state index < -0.39 is 6.36 Å². The van der Waals surface area contributed by atoms with Gasteiger partial charge in [-0.2, -0.15) is 0 Å². The third-order valence-electron chi connectivity index (χ3n) is 2.33. The van der Waals surface area contributed by atoms with Crippen LogP contribution in [-0.2, 0) is 6.54 Å². The molecule has 1 aromatic heterocycles. The third kappa shape index (κ3) is 3.86. The number of nitrogens with two attached hydrogens (primary N) is 1. The Hall–Kier alpha value is -2.28. The molecular weight excluding hydrogens is 273 g/mol. The molecule has 0 unspecified atom stereocenters. The average molecular weight is 284 g/mol. The van der Waals surface area contributed by atoms with Crippen molar-refractivity contribution in [1.82, 2.24) is 4.98 Å². The molecule has 2 aromatic rings. The lowest BCUT2D eigenvalue weighted by Gasteiger charge is -2.11. The first kappa shape index (κ1) is 14.1. The minimum absolute atomic E-state index is 0.200. The van der Waals surface area contributed by atoms with E-state index >= 15 is 0 Å². The van der Waals surface area contributed by atoms with Gasteiger partial charge in [-0.05, 0) is 36.4 Å². The number of ether oxygens (including phenoxy) is 2. The molecule has 20 heavy (non-hydrogen) atoms. The van der Waals surface area contributed by atoms with Crippen molar-refractivity contribution >= 4 is 0 Å². The lowest BCUT2D eigenvalue weighted by atomic mass is 10.3. The number of nitrogens with zero attached hydrogens (tertiary/aromatic N) is 1. The summed E-state index contributed by atoms with van der Waals surface area (Å²) in [7, 11) is 0. The summed E-state index contributed by atoms with van der Waals surface area (Å²) in [4.78, 5) is 4.04. The van der Waals surface area contributed by atoms with Gasteiger partial charge in [0.05, 0.1) is 5.69 Å². The number of hydrogen-bond donors (Lipinski definition) is 1. The lowest BCUT2D eigenvalue weighted by molar-refractivity contribution is -0.274. The summed E-state index contributed by atoms with van der Waals surface area (Å²) in [5, 5.41) is 0. The van der Waals surface area contributed by atoms with Crippen LogP contribution in [-0.4, -0.2) is 11.3 Å². The molecule has 2 rings (SSSR count). The monoisotopic (exact) mass is 284 g/mol. The van der Waals surface area contributed by atoms with Crippen molar-refractivity contribution in [3.05, 3.63) is 48.3 Å². The van der Waals surface area contributed by atoms with Crippen LogP contribution in [0.25, 0.3) is 0 Å². The summed E-state index contributed by atoms with van der Waals surface area (Å²) in [5.74, 6) is 0.511. The van der Waals surface area contributed by atoms with E-state index in [1.165, 1.54) is 24.3 Å². The van der Waals surface area contributed by atoms with Gasteiger partial charge < -0.3 is 15.2 Å². The molecule has 0 aliphatic rings. The zero-order chi connectivity index (χ0) is 14.6. The predicted octanol–water partition coefficient (Wildman–Crippen LogP) is 3.23. The van der Waals surface area contributed by atoms with Gasteiger partial charge in [0.2, 0.25) is 0 Å². The molecule has 7 heteroatoms. The predicted molar refractivity (Wildman–Crippen MR) is 65.3 cm³/mol. The fourth-order valence-electron chi connectivity index (χ4n) is 1.51. The number of alkyl halides is 3. The Morgan fingerprint density at radius 3 is 2.30 bits per heavy atom. The third-order valence-corrected chi connectivity index (χ3v) is 2.33. The molecule has 1 heterocycles. The fraction of sp³-hybridized carbons (Fsp3) is 0.154. The standard InChI is InChI=1S/C13H11F3N2O2/c14-13(15,16)20-10-5-3-9(4-6-10)19-12-2-1-7-18-11(12)8-17/h1-7H,8,17H2. The smallest absolute Gasteiger partial charge is 0.455 e. The van der Waals surface area contributed by atoms with E-state index in [0.717, 1.165) is 0 Å². The van der Waals surface area contributed by atoms with E-state index in [0.29, 0.717) is 17.2 Å². The minimum Gasteiger partial charge on any atom is -0.455 e. The number of aromatic nitrogens is 1. The zero-order valence-corrected chi connectivity index (χ0v) is 10.2. The molecule has 1 aromatic carbocycles. The maximum Gasteiger partial charge on any atom is 0.573 e. The van der Waals surface area contributed by atoms with Crippen LogP contribution in [0.2, 0.25) is 0 Å². The molecule has 0 aliphatic carbocycles. The first-order chi connectivity index (χ1) is 9.48. The molecule has 0 saturated carbocycles. The molecule has 0 saturated heterocycles. The molecule has 0 spiro atoms. The van der Waals surface area contributed by atoms with Gasteiger partial charge in [0, 0.05) is 12.7 Å². The SMILES string of the molecule is NCc1ncccc1Oc1ccc(OC(F)(F)F)cc1. The molecule has 0 bridgehead atoms. The van der Waals surface area contributed by atoms with Gasteiger partial charge in [-0.1, -0.05) is 0 Å². The molecule has 4 nitrogen and oxygen atoms in total. The molecule has 0 aliphatic heterocycles. The zero-order valence-electron chi connectivity index (χ0n) is 10.2. The van der Waals surface area contributed by atoms with Crippen molar-refractivity contribution in [3.63, 3.8) is 0 Å².